The molecule has 1 N–H and O–H groups in total. The Hall–Kier alpha value is -2.18. The summed E-state index contributed by atoms with van der Waals surface area (Å²) in [6.45, 7) is 1.99. The van der Waals surface area contributed by atoms with Gasteiger partial charge in [0.25, 0.3) is 10.1 Å². The summed E-state index contributed by atoms with van der Waals surface area (Å²) < 4.78 is 42.4. The lowest BCUT2D eigenvalue weighted by atomic mass is 10.1. The zero-order valence-electron chi connectivity index (χ0n) is 13.3. The third kappa shape index (κ3) is 3.66. The van der Waals surface area contributed by atoms with Crippen LogP contribution in [-0.2, 0) is 20.7 Å². The summed E-state index contributed by atoms with van der Waals surface area (Å²) in [7, 11) is -3.72. The molecule has 2 aromatic carbocycles. The number of nitrogens with one attached hydrogen (secondary N) is 1. The van der Waals surface area contributed by atoms with E-state index < -0.39 is 10.1 Å². The van der Waals surface area contributed by atoms with Crippen LogP contribution in [0.1, 0.15) is 17.5 Å². The number of aromatic nitrogens is 1. The Labute approximate surface area is 140 Å². The maximum absolute atomic E-state index is 13.2. The second kappa shape index (κ2) is 6.75. The number of aromatic amines is 1. The van der Waals surface area contributed by atoms with E-state index in [1.54, 1.807) is 30.3 Å². The van der Waals surface area contributed by atoms with E-state index in [2.05, 4.69) is 4.98 Å². The molecule has 1 heterocycles. The van der Waals surface area contributed by atoms with Crippen molar-refractivity contribution in [2.24, 2.45) is 0 Å². The summed E-state index contributed by atoms with van der Waals surface area (Å²) in [5, 5.41) is 0.942. The van der Waals surface area contributed by atoms with Crippen LogP contribution in [0, 0.1) is 12.7 Å². The highest BCUT2D eigenvalue weighted by molar-refractivity contribution is 7.86. The van der Waals surface area contributed by atoms with Gasteiger partial charge in [0.1, 0.15) is 5.82 Å². The van der Waals surface area contributed by atoms with Crippen LogP contribution in [0.5, 0.6) is 0 Å². The van der Waals surface area contributed by atoms with Crippen molar-refractivity contribution in [1.29, 1.82) is 0 Å². The molecule has 6 heteroatoms. The van der Waals surface area contributed by atoms with Crippen LogP contribution >= 0.6 is 0 Å². The van der Waals surface area contributed by atoms with Gasteiger partial charge in [0.05, 0.1) is 11.5 Å². The maximum atomic E-state index is 13.2. The molecule has 0 bridgehead atoms. The summed E-state index contributed by atoms with van der Waals surface area (Å²) in [4.78, 5) is 3.18. The van der Waals surface area contributed by atoms with Crippen LogP contribution in [0.3, 0.4) is 0 Å². The lowest BCUT2D eigenvalue weighted by Gasteiger charge is -2.06. The fourth-order valence-electron chi connectivity index (χ4n) is 2.57. The van der Waals surface area contributed by atoms with E-state index in [1.165, 1.54) is 12.1 Å². The molecule has 0 spiro atoms. The van der Waals surface area contributed by atoms with E-state index in [4.69, 9.17) is 4.18 Å². The summed E-state index contributed by atoms with van der Waals surface area (Å²) in [5.74, 6) is -0.288. The molecule has 126 valence electrons. The normalized spacial score (nSPS) is 11.9. The van der Waals surface area contributed by atoms with Gasteiger partial charge in [0.15, 0.2) is 0 Å². The minimum absolute atomic E-state index is 0.101. The van der Waals surface area contributed by atoms with Gasteiger partial charge in [-0.3, -0.25) is 4.18 Å². The fourth-order valence-corrected chi connectivity index (χ4v) is 3.51. The summed E-state index contributed by atoms with van der Waals surface area (Å²) in [5.41, 5.74) is 2.74. The van der Waals surface area contributed by atoms with Gasteiger partial charge in [0, 0.05) is 17.1 Å². The monoisotopic (exact) mass is 347 g/mol. The van der Waals surface area contributed by atoms with Gasteiger partial charge in [0.2, 0.25) is 0 Å². The summed E-state index contributed by atoms with van der Waals surface area (Å²) >= 11 is 0. The fraction of sp³-hybridized carbons (Fsp3) is 0.222. The molecule has 3 rings (SSSR count). The molecule has 24 heavy (non-hydrogen) atoms. The van der Waals surface area contributed by atoms with Crippen LogP contribution in [-0.4, -0.2) is 20.0 Å². The minimum Gasteiger partial charge on any atom is -0.361 e. The predicted octanol–water partition coefficient (Wildman–Crippen LogP) is 3.95. The van der Waals surface area contributed by atoms with Gasteiger partial charge in [-0.1, -0.05) is 17.7 Å². The highest BCUT2D eigenvalue weighted by Crippen LogP contribution is 2.21. The first-order chi connectivity index (χ1) is 11.5. The number of hydrogen-bond acceptors (Lipinski definition) is 3. The van der Waals surface area contributed by atoms with E-state index in [0.29, 0.717) is 12.8 Å². The molecular weight excluding hydrogens is 329 g/mol. The molecule has 0 fully saturated rings. The molecule has 0 amide bonds. The lowest BCUT2D eigenvalue weighted by Crippen LogP contribution is -2.08. The Balaban J connectivity index is 1.59. The summed E-state index contributed by atoms with van der Waals surface area (Å²) in [6, 6.07) is 11.1. The first-order valence-corrected chi connectivity index (χ1v) is 9.08. The third-order valence-corrected chi connectivity index (χ3v) is 5.19. The third-order valence-electron chi connectivity index (χ3n) is 3.87. The summed E-state index contributed by atoms with van der Waals surface area (Å²) in [6.07, 6.45) is 3.02. The van der Waals surface area contributed by atoms with Crippen LogP contribution in [0.4, 0.5) is 4.39 Å². The first-order valence-electron chi connectivity index (χ1n) is 7.67. The van der Waals surface area contributed by atoms with Crippen LogP contribution in [0.15, 0.2) is 53.6 Å². The van der Waals surface area contributed by atoms with E-state index in [1.807, 2.05) is 13.1 Å². The van der Waals surface area contributed by atoms with Crippen molar-refractivity contribution >= 4 is 21.0 Å². The minimum atomic E-state index is -3.72. The van der Waals surface area contributed by atoms with Crippen LogP contribution < -0.4 is 0 Å². The van der Waals surface area contributed by atoms with Crippen molar-refractivity contribution in [2.75, 3.05) is 6.61 Å². The largest absolute Gasteiger partial charge is 0.361 e. The molecule has 0 aliphatic heterocycles. The molecule has 0 saturated carbocycles. The quantitative estimate of drug-likeness (QED) is 0.542. The van der Waals surface area contributed by atoms with Crippen molar-refractivity contribution in [3.05, 3.63) is 65.6 Å². The number of halogens is 1. The SMILES string of the molecule is Cc1ccc(S(=O)(=O)OCCCc2c[nH]c3cc(F)ccc23)cc1. The molecule has 3 aromatic rings. The molecule has 0 saturated heterocycles. The van der Waals surface area contributed by atoms with E-state index in [0.717, 1.165) is 22.0 Å². The van der Waals surface area contributed by atoms with Gasteiger partial charge < -0.3 is 4.98 Å². The highest BCUT2D eigenvalue weighted by atomic mass is 32.2. The molecule has 4 nitrogen and oxygen atoms in total. The van der Waals surface area contributed by atoms with Crippen LogP contribution in [0.25, 0.3) is 10.9 Å². The van der Waals surface area contributed by atoms with E-state index in [9.17, 15) is 12.8 Å². The van der Waals surface area contributed by atoms with E-state index in [-0.39, 0.29) is 17.3 Å². The molecule has 0 radical (unpaired) electrons. The standard InChI is InChI=1S/C18H18FNO3S/c1-13-4-7-16(8-5-13)24(21,22)23-10-2-3-14-12-20-18-11-15(19)6-9-17(14)18/h4-9,11-12,20H,2-3,10H2,1H3. The zero-order valence-corrected chi connectivity index (χ0v) is 14.1. The highest BCUT2D eigenvalue weighted by Gasteiger charge is 2.14. The van der Waals surface area contributed by atoms with Gasteiger partial charge in [-0.05, 0) is 55.7 Å². The smallest absolute Gasteiger partial charge is 0.296 e. The van der Waals surface area contributed by atoms with Gasteiger partial charge >= 0.3 is 0 Å². The Morgan fingerprint density at radius 2 is 1.88 bits per heavy atom. The number of benzene rings is 2. The lowest BCUT2D eigenvalue weighted by molar-refractivity contribution is 0.312. The molecule has 0 aliphatic rings. The van der Waals surface area contributed by atoms with Crippen molar-refractivity contribution in [2.45, 2.75) is 24.7 Å². The predicted molar refractivity (Wildman–Crippen MR) is 90.9 cm³/mol. The van der Waals surface area contributed by atoms with Crippen molar-refractivity contribution in [3.8, 4) is 0 Å². The number of rotatable bonds is 6. The Morgan fingerprint density at radius 3 is 2.62 bits per heavy atom. The maximum Gasteiger partial charge on any atom is 0.296 e. The van der Waals surface area contributed by atoms with E-state index >= 15 is 0 Å². The van der Waals surface area contributed by atoms with Crippen molar-refractivity contribution < 1.29 is 17.0 Å². The topological polar surface area (TPSA) is 59.2 Å². The Morgan fingerprint density at radius 1 is 1.12 bits per heavy atom. The molecule has 1 aromatic heterocycles. The molecular formula is C18H18FNO3S. The second-order valence-electron chi connectivity index (χ2n) is 5.70. The van der Waals surface area contributed by atoms with Gasteiger partial charge in [-0.2, -0.15) is 8.42 Å². The first kappa shape index (κ1) is 16.7. The van der Waals surface area contributed by atoms with Crippen LogP contribution in [0.2, 0.25) is 0 Å². The van der Waals surface area contributed by atoms with Gasteiger partial charge in [-0.15, -0.1) is 0 Å². The average molecular weight is 347 g/mol. The van der Waals surface area contributed by atoms with Gasteiger partial charge in [-0.25, -0.2) is 4.39 Å². The average Bonchev–Trinajstić information content (AvgIpc) is 2.94. The number of aryl methyl sites for hydroxylation is 2. The molecule has 0 aliphatic carbocycles. The Bertz CT molecular complexity index is 946. The number of fused-ring (bicyclic) bond motifs is 1. The molecule has 0 unspecified atom stereocenters. The zero-order chi connectivity index (χ0) is 17.2. The second-order valence-corrected chi connectivity index (χ2v) is 7.31. The Kier molecular flexibility index (Phi) is 4.69. The van der Waals surface area contributed by atoms with Crippen molar-refractivity contribution in [1.82, 2.24) is 4.98 Å². The molecule has 0 atom stereocenters. The van der Waals surface area contributed by atoms with Crippen molar-refractivity contribution in [3.63, 3.8) is 0 Å². The number of H-pyrrole nitrogens is 1. The number of hydrogen-bond donors (Lipinski definition) is 1.